The fourth-order valence-corrected chi connectivity index (χ4v) is 5.88. The zero-order chi connectivity index (χ0) is 13.8. The van der Waals surface area contributed by atoms with Gasteiger partial charge in [-0.15, -0.1) is 0 Å². The summed E-state index contributed by atoms with van der Waals surface area (Å²) in [5.74, 6) is 0. The fourth-order valence-electron chi connectivity index (χ4n) is 2.40. The summed E-state index contributed by atoms with van der Waals surface area (Å²) in [4.78, 5) is 0. The van der Waals surface area contributed by atoms with Crippen LogP contribution in [0.2, 0.25) is 0 Å². The highest BCUT2D eigenvalue weighted by Gasteiger charge is 2.17. The Hall–Kier alpha value is -1.69. The molecule has 0 unspecified atom stereocenters. The van der Waals surface area contributed by atoms with E-state index in [1.165, 1.54) is 21.1 Å². The van der Waals surface area contributed by atoms with Crippen LogP contribution in [0.4, 0.5) is 0 Å². The maximum Gasteiger partial charge on any atom is 0.0393 e. The van der Waals surface area contributed by atoms with Gasteiger partial charge in [0.1, 0.15) is 0 Å². The van der Waals surface area contributed by atoms with Crippen molar-refractivity contribution in [1.29, 1.82) is 0 Å². The van der Waals surface area contributed by atoms with Crippen LogP contribution in [0, 0.1) is 0 Å². The van der Waals surface area contributed by atoms with Gasteiger partial charge in [0.2, 0.25) is 0 Å². The standard InChI is InChI=1S/C18H17PSi/c20-18-14-8-7-13-17(18)19(15-9-3-1-4-10-15)16-11-5-2-6-12-16/h1-14H,20H3. The number of hydrogen-bond acceptors (Lipinski definition) is 0. The number of hydrogen-bond donors (Lipinski definition) is 0. The predicted molar refractivity (Wildman–Crippen MR) is 94.7 cm³/mol. The molecular formula is C18H17PSi. The Kier molecular flexibility index (Phi) is 4.10. The van der Waals surface area contributed by atoms with Crippen molar-refractivity contribution in [3.05, 3.63) is 84.9 Å². The number of benzene rings is 3. The molecule has 0 heterocycles. The zero-order valence-corrected chi connectivity index (χ0v) is 14.4. The second-order valence-corrected chi connectivity index (χ2v) is 8.06. The third-order valence-corrected chi connectivity index (χ3v) is 7.29. The highest BCUT2D eigenvalue weighted by Crippen LogP contribution is 2.31. The van der Waals surface area contributed by atoms with Crippen molar-refractivity contribution in [2.75, 3.05) is 0 Å². The van der Waals surface area contributed by atoms with E-state index >= 15 is 0 Å². The van der Waals surface area contributed by atoms with Gasteiger partial charge in [0.15, 0.2) is 0 Å². The third-order valence-electron chi connectivity index (χ3n) is 3.39. The largest absolute Gasteiger partial charge is 0.0634 e. The van der Waals surface area contributed by atoms with Crippen LogP contribution in [0.5, 0.6) is 0 Å². The van der Waals surface area contributed by atoms with Gasteiger partial charge in [0.05, 0.1) is 0 Å². The van der Waals surface area contributed by atoms with Crippen LogP contribution >= 0.6 is 7.92 Å². The summed E-state index contributed by atoms with van der Waals surface area (Å²) in [5, 5.41) is 5.87. The van der Waals surface area contributed by atoms with Gasteiger partial charge >= 0.3 is 0 Å². The molecule has 0 fully saturated rings. The van der Waals surface area contributed by atoms with Crippen molar-refractivity contribution in [3.8, 4) is 0 Å². The van der Waals surface area contributed by atoms with Crippen LogP contribution in [-0.2, 0) is 0 Å². The molecule has 3 rings (SSSR count). The van der Waals surface area contributed by atoms with E-state index in [-0.39, 0.29) is 0 Å². The van der Waals surface area contributed by atoms with Crippen LogP contribution in [-0.4, -0.2) is 10.2 Å². The van der Waals surface area contributed by atoms with E-state index in [1.807, 2.05) is 0 Å². The monoisotopic (exact) mass is 292 g/mol. The molecule has 20 heavy (non-hydrogen) atoms. The molecule has 0 amide bonds. The van der Waals surface area contributed by atoms with Gasteiger partial charge in [-0.3, -0.25) is 0 Å². The van der Waals surface area contributed by atoms with Gasteiger partial charge in [-0.25, -0.2) is 0 Å². The van der Waals surface area contributed by atoms with E-state index in [4.69, 9.17) is 0 Å². The average molecular weight is 292 g/mol. The Labute approximate surface area is 124 Å². The van der Waals surface area contributed by atoms with E-state index in [0.717, 1.165) is 10.2 Å². The van der Waals surface area contributed by atoms with Crippen LogP contribution in [0.25, 0.3) is 0 Å². The Bertz CT molecular complexity index is 641. The van der Waals surface area contributed by atoms with Crippen LogP contribution in [0.3, 0.4) is 0 Å². The molecule has 98 valence electrons. The summed E-state index contributed by atoms with van der Waals surface area (Å²) < 4.78 is 0. The smallest absolute Gasteiger partial charge is 0.0393 e. The van der Waals surface area contributed by atoms with Crippen molar-refractivity contribution < 1.29 is 0 Å². The Morgan fingerprint density at radius 2 is 1.00 bits per heavy atom. The lowest BCUT2D eigenvalue weighted by atomic mass is 10.3. The molecule has 0 spiro atoms. The molecule has 0 aromatic heterocycles. The first-order valence-corrected chi connectivity index (χ1v) is 9.16. The van der Waals surface area contributed by atoms with Crippen molar-refractivity contribution >= 4 is 39.3 Å². The van der Waals surface area contributed by atoms with E-state index < -0.39 is 7.92 Å². The summed E-state index contributed by atoms with van der Waals surface area (Å²) >= 11 is 0. The Morgan fingerprint density at radius 3 is 1.50 bits per heavy atom. The average Bonchev–Trinajstić information content (AvgIpc) is 2.52. The minimum Gasteiger partial charge on any atom is -0.0634 e. The molecule has 0 saturated carbocycles. The summed E-state index contributed by atoms with van der Waals surface area (Å²) in [5.41, 5.74) is 0. The molecule has 0 aliphatic heterocycles. The fraction of sp³-hybridized carbons (Fsp3) is 0. The van der Waals surface area contributed by atoms with Crippen molar-refractivity contribution in [3.63, 3.8) is 0 Å². The van der Waals surface area contributed by atoms with Gasteiger partial charge < -0.3 is 0 Å². The summed E-state index contributed by atoms with van der Waals surface area (Å²) in [6.45, 7) is 0. The lowest BCUT2D eigenvalue weighted by Crippen LogP contribution is -2.31. The number of rotatable bonds is 3. The molecule has 0 nitrogen and oxygen atoms in total. The van der Waals surface area contributed by atoms with Gasteiger partial charge in [-0.05, 0) is 23.8 Å². The first-order valence-electron chi connectivity index (χ1n) is 6.82. The minimum atomic E-state index is -0.432. The second-order valence-electron chi connectivity index (χ2n) is 4.79. The Morgan fingerprint density at radius 1 is 0.550 bits per heavy atom. The highest BCUT2D eigenvalue weighted by molar-refractivity contribution is 7.80. The highest BCUT2D eigenvalue weighted by atomic mass is 31.1. The molecule has 0 bridgehead atoms. The van der Waals surface area contributed by atoms with Crippen molar-refractivity contribution in [1.82, 2.24) is 0 Å². The lowest BCUT2D eigenvalue weighted by molar-refractivity contribution is 1.75. The van der Waals surface area contributed by atoms with Crippen molar-refractivity contribution in [2.45, 2.75) is 0 Å². The molecule has 0 atom stereocenters. The summed E-state index contributed by atoms with van der Waals surface area (Å²) in [6, 6.07) is 30.7. The van der Waals surface area contributed by atoms with Crippen molar-refractivity contribution in [2.24, 2.45) is 0 Å². The van der Waals surface area contributed by atoms with Gasteiger partial charge in [-0.1, -0.05) is 90.1 Å². The second kappa shape index (κ2) is 6.17. The molecule has 0 aliphatic rings. The summed E-state index contributed by atoms with van der Waals surface area (Å²) in [6.07, 6.45) is 0. The quantitative estimate of drug-likeness (QED) is 0.506. The molecule has 3 aromatic rings. The normalized spacial score (nSPS) is 10.8. The SMILES string of the molecule is [SiH3]c1ccccc1P(c1ccccc1)c1ccccc1. The lowest BCUT2D eigenvalue weighted by Gasteiger charge is -2.21. The topological polar surface area (TPSA) is 0 Å². The van der Waals surface area contributed by atoms with Crippen LogP contribution in [0.1, 0.15) is 0 Å². The Balaban J connectivity index is 2.17. The molecule has 0 N–H and O–H groups in total. The maximum atomic E-state index is 2.30. The van der Waals surface area contributed by atoms with Gasteiger partial charge in [0, 0.05) is 10.2 Å². The first-order chi connectivity index (χ1) is 9.86. The van der Waals surface area contributed by atoms with Crippen LogP contribution < -0.4 is 21.1 Å². The van der Waals surface area contributed by atoms with Gasteiger partial charge in [-0.2, -0.15) is 0 Å². The van der Waals surface area contributed by atoms with E-state index in [9.17, 15) is 0 Å². The molecule has 0 aliphatic carbocycles. The molecule has 0 saturated heterocycles. The van der Waals surface area contributed by atoms with E-state index in [2.05, 4.69) is 84.9 Å². The molecule has 0 radical (unpaired) electrons. The van der Waals surface area contributed by atoms with E-state index in [1.54, 1.807) is 0 Å². The van der Waals surface area contributed by atoms with E-state index in [0.29, 0.717) is 0 Å². The third kappa shape index (κ3) is 2.75. The first kappa shape index (κ1) is 13.3. The zero-order valence-electron chi connectivity index (χ0n) is 11.5. The molecule has 2 heteroatoms. The predicted octanol–water partition coefficient (Wildman–Crippen LogP) is 1.44. The molecule has 3 aromatic carbocycles. The van der Waals surface area contributed by atoms with Gasteiger partial charge in [0.25, 0.3) is 0 Å². The summed E-state index contributed by atoms with van der Waals surface area (Å²) in [7, 11) is 0.660. The minimum absolute atomic E-state index is 0.432. The van der Waals surface area contributed by atoms with Crippen LogP contribution in [0.15, 0.2) is 84.9 Å². The maximum absolute atomic E-state index is 2.30. The molecular weight excluding hydrogens is 275 g/mol.